The smallest absolute Gasteiger partial charge is 0.308 e. The van der Waals surface area contributed by atoms with E-state index in [4.69, 9.17) is 27.9 Å². The van der Waals surface area contributed by atoms with Crippen molar-refractivity contribution in [1.29, 1.82) is 0 Å². The average molecular weight is 439 g/mol. The number of likely N-dealkylation sites (tertiary alicyclic amines) is 1. The van der Waals surface area contributed by atoms with E-state index < -0.39 is 18.5 Å². The number of rotatable bonds is 6. The maximum Gasteiger partial charge on any atom is 0.308 e. The first-order valence-corrected chi connectivity index (χ1v) is 10.4. The third-order valence-electron chi connectivity index (χ3n) is 6.13. The van der Waals surface area contributed by atoms with E-state index in [1.165, 1.54) is 17.0 Å². The molecule has 29 heavy (non-hydrogen) atoms. The molecule has 3 amide bonds. The van der Waals surface area contributed by atoms with E-state index in [0.29, 0.717) is 27.6 Å². The fraction of sp³-hybridized carbons (Fsp3) is 0.500. The van der Waals surface area contributed by atoms with Crippen molar-refractivity contribution in [3.8, 4) is 0 Å². The fourth-order valence-corrected chi connectivity index (χ4v) is 5.18. The highest BCUT2D eigenvalue weighted by atomic mass is 35.5. The van der Waals surface area contributed by atoms with Crippen molar-refractivity contribution in [2.24, 2.45) is 23.7 Å². The van der Waals surface area contributed by atoms with Gasteiger partial charge in [-0.2, -0.15) is 0 Å². The molecule has 0 radical (unpaired) electrons. The predicted octanol–water partition coefficient (Wildman–Crippen LogP) is 2.90. The molecule has 3 aliphatic rings. The van der Waals surface area contributed by atoms with Crippen LogP contribution in [0.4, 0.5) is 5.69 Å². The molecule has 1 saturated heterocycles. The zero-order chi connectivity index (χ0) is 20.7. The molecular weight excluding hydrogens is 419 g/mol. The summed E-state index contributed by atoms with van der Waals surface area (Å²) in [5.41, 5.74) is 0.426. The summed E-state index contributed by atoms with van der Waals surface area (Å²) in [7, 11) is 0. The van der Waals surface area contributed by atoms with E-state index in [-0.39, 0.29) is 36.6 Å². The van der Waals surface area contributed by atoms with E-state index in [1.54, 1.807) is 6.07 Å². The van der Waals surface area contributed by atoms with Crippen molar-refractivity contribution < 1.29 is 23.9 Å². The first-order valence-electron chi connectivity index (χ1n) is 9.61. The minimum Gasteiger partial charge on any atom is -0.456 e. The summed E-state index contributed by atoms with van der Waals surface area (Å²) >= 11 is 11.7. The van der Waals surface area contributed by atoms with Gasteiger partial charge in [-0.3, -0.25) is 24.1 Å². The number of carbonyl (C=O) groups is 4. The summed E-state index contributed by atoms with van der Waals surface area (Å²) in [5.74, 6) is -1.27. The SMILES string of the molecule is O=C(COC(=O)CCN1C(=O)[C@H]2[C@H]3CC[C@@H](C3)[C@@H]2C1=O)Nc1ccc(Cl)c(Cl)c1. The molecule has 2 saturated carbocycles. The Morgan fingerprint density at radius 2 is 1.72 bits per heavy atom. The number of carbonyl (C=O) groups excluding carboxylic acids is 4. The van der Waals surface area contributed by atoms with Crippen LogP contribution < -0.4 is 5.32 Å². The number of nitrogens with zero attached hydrogens (tertiary/aromatic N) is 1. The third-order valence-corrected chi connectivity index (χ3v) is 6.86. The molecule has 4 rings (SSSR count). The summed E-state index contributed by atoms with van der Waals surface area (Å²) < 4.78 is 4.95. The first kappa shape index (κ1) is 20.2. The molecule has 1 aromatic carbocycles. The number of esters is 1. The van der Waals surface area contributed by atoms with Gasteiger partial charge in [0, 0.05) is 12.2 Å². The highest BCUT2D eigenvalue weighted by molar-refractivity contribution is 6.42. The number of anilines is 1. The Labute approximate surface area is 177 Å². The number of hydrogen-bond donors (Lipinski definition) is 1. The second kappa shape index (κ2) is 7.95. The van der Waals surface area contributed by atoms with Crippen LogP contribution in [-0.4, -0.2) is 41.7 Å². The van der Waals surface area contributed by atoms with Crippen LogP contribution in [0.2, 0.25) is 10.0 Å². The number of fused-ring (bicyclic) bond motifs is 5. The molecule has 1 aromatic rings. The minimum atomic E-state index is -0.644. The van der Waals surface area contributed by atoms with E-state index in [1.807, 2.05) is 0 Å². The number of amides is 3. The van der Waals surface area contributed by atoms with Crippen LogP contribution in [0.3, 0.4) is 0 Å². The number of ether oxygens (including phenoxy) is 1. The third kappa shape index (κ3) is 3.85. The Bertz CT molecular complexity index is 862. The maximum atomic E-state index is 12.6. The van der Waals surface area contributed by atoms with Gasteiger partial charge in [0.1, 0.15) is 0 Å². The van der Waals surface area contributed by atoms with Crippen LogP contribution in [-0.2, 0) is 23.9 Å². The lowest BCUT2D eigenvalue weighted by atomic mass is 9.81. The monoisotopic (exact) mass is 438 g/mol. The Balaban J connectivity index is 1.23. The van der Waals surface area contributed by atoms with E-state index >= 15 is 0 Å². The van der Waals surface area contributed by atoms with Gasteiger partial charge >= 0.3 is 5.97 Å². The van der Waals surface area contributed by atoms with Crippen molar-refractivity contribution in [3.63, 3.8) is 0 Å². The number of imide groups is 1. The van der Waals surface area contributed by atoms with Gasteiger partial charge in [-0.25, -0.2) is 0 Å². The first-order chi connectivity index (χ1) is 13.8. The largest absolute Gasteiger partial charge is 0.456 e. The van der Waals surface area contributed by atoms with Crippen molar-refractivity contribution >= 4 is 52.6 Å². The van der Waals surface area contributed by atoms with Gasteiger partial charge in [0.25, 0.3) is 5.91 Å². The number of nitrogens with one attached hydrogen (secondary N) is 1. The summed E-state index contributed by atoms with van der Waals surface area (Å²) in [6, 6.07) is 4.60. The summed E-state index contributed by atoms with van der Waals surface area (Å²) in [6.07, 6.45) is 2.85. The maximum absolute atomic E-state index is 12.6. The van der Waals surface area contributed by atoms with Gasteiger partial charge in [-0.15, -0.1) is 0 Å². The normalized spacial score (nSPS) is 27.3. The molecule has 2 bridgehead atoms. The van der Waals surface area contributed by atoms with Gasteiger partial charge in [0.2, 0.25) is 11.8 Å². The topological polar surface area (TPSA) is 92.8 Å². The second-order valence-electron chi connectivity index (χ2n) is 7.80. The standard InChI is InChI=1S/C20H20Cl2N2O5/c21-13-4-3-12(8-14(13)22)23-15(25)9-29-16(26)5-6-24-19(27)17-10-1-2-11(7-10)18(17)20(24)28/h3-4,8,10-11,17-18H,1-2,5-7,9H2,(H,23,25)/t10-,11-,17-,18-/m0/s1. The summed E-state index contributed by atoms with van der Waals surface area (Å²) in [5, 5.41) is 3.19. The van der Waals surface area contributed by atoms with Crippen LogP contribution in [0.5, 0.6) is 0 Å². The van der Waals surface area contributed by atoms with Gasteiger partial charge < -0.3 is 10.1 Å². The van der Waals surface area contributed by atoms with Crippen LogP contribution in [0, 0.1) is 23.7 Å². The number of benzene rings is 1. The Hall–Kier alpha value is -2.12. The van der Waals surface area contributed by atoms with Crippen LogP contribution in [0.1, 0.15) is 25.7 Å². The molecule has 9 heteroatoms. The van der Waals surface area contributed by atoms with Gasteiger partial charge in [-0.05, 0) is 49.3 Å². The Morgan fingerprint density at radius 3 is 2.34 bits per heavy atom. The molecule has 4 atom stereocenters. The van der Waals surface area contributed by atoms with Crippen molar-refractivity contribution in [3.05, 3.63) is 28.2 Å². The quantitative estimate of drug-likeness (QED) is 0.544. The summed E-state index contributed by atoms with van der Waals surface area (Å²) in [6.45, 7) is -0.478. The lowest BCUT2D eigenvalue weighted by Gasteiger charge is -2.19. The second-order valence-corrected chi connectivity index (χ2v) is 8.62. The zero-order valence-corrected chi connectivity index (χ0v) is 17.0. The van der Waals surface area contributed by atoms with Crippen LogP contribution in [0.25, 0.3) is 0 Å². The predicted molar refractivity (Wildman–Crippen MR) is 105 cm³/mol. The highest BCUT2D eigenvalue weighted by Crippen LogP contribution is 2.56. The Kier molecular flexibility index (Phi) is 5.53. The highest BCUT2D eigenvalue weighted by Gasteiger charge is 2.60. The molecule has 0 spiro atoms. The van der Waals surface area contributed by atoms with Crippen LogP contribution >= 0.6 is 23.2 Å². The fourth-order valence-electron chi connectivity index (χ4n) is 4.88. The number of halogens is 2. The van der Waals surface area contributed by atoms with E-state index in [9.17, 15) is 19.2 Å². The van der Waals surface area contributed by atoms with E-state index in [0.717, 1.165) is 19.3 Å². The molecule has 1 aliphatic heterocycles. The van der Waals surface area contributed by atoms with Gasteiger partial charge in [0.15, 0.2) is 6.61 Å². The Morgan fingerprint density at radius 1 is 1.07 bits per heavy atom. The minimum absolute atomic E-state index is 0.00263. The molecule has 1 heterocycles. The number of hydrogen-bond acceptors (Lipinski definition) is 5. The molecule has 0 unspecified atom stereocenters. The average Bonchev–Trinajstić information content (AvgIpc) is 3.36. The lowest BCUT2D eigenvalue weighted by molar-refractivity contribution is -0.149. The molecule has 0 aromatic heterocycles. The molecule has 7 nitrogen and oxygen atoms in total. The van der Waals surface area contributed by atoms with Crippen LogP contribution in [0.15, 0.2) is 18.2 Å². The zero-order valence-electron chi connectivity index (χ0n) is 15.5. The lowest BCUT2D eigenvalue weighted by Crippen LogP contribution is -2.35. The molecule has 3 fully saturated rings. The van der Waals surface area contributed by atoms with Crippen molar-refractivity contribution in [1.82, 2.24) is 4.90 Å². The van der Waals surface area contributed by atoms with Gasteiger partial charge in [-0.1, -0.05) is 23.2 Å². The molecule has 154 valence electrons. The van der Waals surface area contributed by atoms with E-state index in [2.05, 4.69) is 5.32 Å². The summed E-state index contributed by atoms with van der Waals surface area (Å²) in [4.78, 5) is 50.3. The van der Waals surface area contributed by atoms with Gasteiger partial charge in [0.05, 0.1) is 28.3 Å². The van der Waals surface area contributed by atoms with Crippen molar-refractivity contribution in [2.75, 3.05) is 18.5 Å². The molecular formula is C20H20Cl2N2O5. The molecule has 2 aliphatic carbocycles. The van der Waals surface area contributed by atoms with Crippen molar-refractivity contribution in [2.45, 2.75) is 25.7 Å². The molecule has 1 N–H and O–H groups in total.